The van der Waals surface area contributed by atoms with Crippen LogP contribution in [0.5, 0.6) is 0 Å². The molecule has 0 amide bonds. The van der Waals surface area contributed by atoms with Crippen molar-refractivity contribution in [3.8, 4) is 0 Å². The second kappa shape index (κ2) is 2.86. The zero-order valence-corrected chi connectivity index (χ0v) is 12.0. The molecule has 1 aliphatic carbocycles. The molecule has 1 rings (SSSR count). The monoisotopic (exact) mass is 207 g/mol. The van der Waals surface area contributed by atoms with Crippen LogP contribution in [-0.2, 0) is 0 Å². The van der Waals surface area contributed by atoms with Crippen molar-refractivity contribution in [1.82, 2.24) is 0 Å². The van der Waals surface area contributed by atoms with Crippen LogP contribution in [0.3, 0.4) is 0 Å². The minimum absolute atomic E-state index is 0.193. The Bertz CT molecular complexity index is 269. The molecule has 0 aromatic rings. The maximum absolute atomic E-state index is 3.72. The van der Waals surface area contributed by atoms with E-state index in [0.29, 0.717) is 0 Å². The average molecular weight is 207 g/mol. The maximum Gasteiger partial charge on any atom is 0.264 e. The highest BCUT2D eigenvalue weighted by molar-refractivity contribution is 5.43. The summed E-state index contributed by atoms with van der Waals surface area (Å²) in [6, 6.07) is 0. The van der Waals surface area contributed by atoms with Gasteiger partial charge in [-0.2, -0.15) is 0 Å². The van der Waals surface area contributed by atoms with Gasteiger partial charge in [0.25, 0.3) is 5.41 Å². The summed E-state index contributed by atoms with van der Waals surface area (Å²) in [6.45, 7) is 20.9. The fraction of sp³-hybridized carbons (Fsp3) is 0.867. The van der Waals surface area contributed by atoms with Crippen molar-refractivity contribution in [3.05, 3.63) is 11.6 Å². The smallest absolute Gasteiger partial charge is 0.0543 e. The Morgan fingerprint density at radius 1 is 0.733 bits per heavy atom. The van der Waals surface area contributed by atoms with Crippen LogP contribution < -0.4 is 0 Å². The Morgan fingerprint density at radius 3 is 1.13 bits per heavy atom. The van der Waals surface area contributed by atoms with Crippen LogP contribution >= 0.6 is 0 Å². The van der Waals surface area contributed by atoms with Gasteiger partial charge in [0.2, 0.25) is 11.6 Å². The third kappa shape index (κ3) is 1.74. The molecule has 0 radical (unpaired) electrons. The zero-order valence-electron chi connectivity index (χ0n) is 12.0. The van der Waals surface area contributed by atoms with E-state index in [-0.39, 0.29) is 21.7 Å². The minimum atomic E-state index is 0.193. The van der Waals surface area contributed by atoms with Gasteiger partial charge in [0, 0.05) is 16.2 Å². The number of allylic oxidation sites excluding steroid dienone is 2. The van der Waals surface area contributed by atoms with Crippen molar-refractivity contribution >= 4 is 0 Å². The van der Waals surface area contributed by atoms with E-state index in [1.807, 2.05) is 0 Å². The maximum atomic E-state index is 3.72. The molecule has 0 heterocycles. The summed E-state index contributed by atoms with van der Waals surface area (Å²) in [5.41, 5.74) is 2.52. The topological polar surface area (TPSA) is 0 Å². The van der Waals surface area contributed by atoms with Crippen LogP contribution in [-0.4, -0.2) is 0 Å². The fourth-order valence-electron chi connectivity index (χ4n) is 3.16. The summed E-state index contributed by atoms with van der Waals surface area (Å²) in [6.07, 6.45) is 3.72. The molecule has 0 saturated carbocycles. The number of rotatable bonds is 0. The molecule has 0 fully saturated rings. The average Bonchev–Trinajstić information content (AvgIpc) is 2.51. The van der Waals surface area contributed by atoms with Crippen LogP contribution in [0, 0.1) is 27.7 Å². The van der Waals surface area contributed by atoms with E-state index in [1.54, 1.807) is 0 Å². The van der Waals surface area contributed by atoms with Crippen molar-refractivity contribution in [3.63, 3.8) is 0 Å². The summed E-state index contributed by atoms with van der Waals surface area (Å²) in [5, 5.41) is 0. The third-order valence-electron chi connectivity index (χ3n) is 3.62. The van der Waals surface area contributed by atoms with Crippen LogP contribution in [0.1, 0.15) is 62.3 Å². The van der Waals surface area contributed by atoms with Gasteiger partial charge in [0.05, 0.1) is 0 Å². The van der Waals surface area contributed by atoms with Gasteiger partial charge < -0.3 is 0 Å². The van der Waals surface area contributed by atoms with Crippen LogP contribution in [0.2, 0.25) is 0 Å². The van der Waals surface area contributed by atoms with Crippen molar-refractivity contribution in [2.24, 2.45) is 21.7 Å². The van der Waals surface area contributed by atoms with Gasteiger partial charge in [-0.1, -0.05) is 62.3 Å². The molecule has 0 aromatic heterocycles. The van der Waals surface area contributed by atoms with Gasteiger partial charge in [-0.25, -0.2) is 0 Å². The lowest BCUT2D eigenvalue weighted by atomic mass is 9.58. The molecule has 0 unspecified atom stereocenters. The van der Waals surface area contributed by atoms with E-state index in [2.05, 4.69) is 68.4 Å². The highest BCUT2D eigenvalue weighted by Crippen LogP contribution is 2.69. The largest absolute Gasteiger partial charge is 0.264 e. The highest BCUT2D eigenvalue weighted by Gasteiger charge is 2.78. The third-order valence-corrected chi connectivity index (χ3v) is 3.62. The quantitative estimate of drug-likeness (QED) is 0.498. The summed E-state index contributed by atoms with van der Waals surface area (Å²) >= 11 is 0. The molecule has 0 nitrogen and oxygen atoms in total. The van der Waals surface area contributed by atoms with Crippen molar-refractivity contribution < 1.29 is 0 Å². The first-order chi connectivity index (χ1) is 6.34. The molecular weight excluding hydrogens is 180 g/mol. The molecule has 0 spiro atoms. The SMILES string of the molecule is CC(C)(C)C1=[C+]C1(C(C)(C)C)C(C)(C)C. The molecule has 0 N–H and O–H groups in total. The molecular formula is C15H27+. The predicted octanol–water partition coefficient (Wildman–Crippen LogP) is 4.85. The number of hydrogen-bond donors (Lipinski definition) is 0. The summed E-state index contributed by atoms with van der Waals surface area (Å²) in [5.74, 6) is 0. The molecule has 1 aliphatic rings. The van der Waals surface area contributed by atoms with Gasteiger partial charge >= 0.3 is 0 Å². The van der Waals surface area contributed by atoms with Gasteiger partial charge in [-0.05, 0) is 0 Å². The number of hydrogen-bond acceptors (Lipinski definition) is 0. The first-order valence-electron chi connectivity index (χ1n) is 6.00. The zero-order chi connectivity index (χ0) is 12.3. The first-order valence-corrected chi connectivity index (χ1v) is 6.00. The van der Waals surface area contributed by atoms with Crippen LogP contribution in [0.25, 0.3) is 0 Å². The molecule has 0 aliphatic heterocycles. The Balaban J connectivity index is 3.11. The van der Waals surface area contributed by atoms with Gasteiger partial charge in [-0.3, -0.25) is 0 Å². The first kappa shape index (κ1) is 12.7. The van der Waals surface area contributed by atoms with E-state index < -0.39 is 0 Å². The van der Waals surface area contributed by atoms with E-state index in [1.165, 1.54) is 5.57 Å². The van der Waals surface area contributed by atoms with E-state index in [9.17, 15) is 0 Å². The van der Waals surface area contributed by atoms with Crippen LogP contribution in [0.4, 0.5) is 0 Å². The Kier molecular flexibility index (Phi) is 2.42. The molecule has 0 bridgehead atoms. The molecule has 0 heteroatoms. The summed E-state index contributed by atoms with van der Waals surface area (Å²) in [7, 11) is 0. The van der Waals surface area contributed by atoms with Crippen molar-refractivity contribution in [2.45, 2.75) is 62.3 Å². The van der Waals surface area contributed by atoms with Crippen molar-refractivity contribution in [2.75, 3.05) is 0 Å². The van der Waals surface area contributed by atoms with E-state index in [0.717, 1.165) is 0 Å². The predicted molar refractivity (Wildman–Crippen MR) is 67.6 cm³/mol. The molecule has 0 aromatic carbocycles. The lowest BCUT2D eigenvalue weighted by molar-refractivity contribution is 0.0787. The standard InChI is InChI=1S/C15H27/c1-12(2,3)11-10-15(11,13(4,5)6)14(7,8)9/h1-9H3/q+1. The molecule has 15 heavy (non-hydrogen) atoms. The second-order valence-electron chi connectivity index (χ2n) is 8.00. The Morgan fingerprint density at radius 2 is 1.07 bits per heavy atom. The van der Waals surface area contributed by atoms with Gasteiger partial charge in [-0.15, -0.1) is 0 Å². The highest BCUT2D eigenvalue weighted by atomic mass is 14.6. The summed E-state index contributed by atoms with van der Waals surface area (Å²) < 4.78 is 0. The van der Waals surface area contributed by atoms with E-state index in [4.69, 9.17) is 0 Å². The van der Waals surface area contributed by atoms with E-state index >= 15 is 0 Å². The lowest BCUT2D eigenvalue weighted by Gasteiger charge is -2.35. The Labute approximate surface area is 96.2 Å². The molecule has 86 valence electrons. The van der Waals surface area contributed by atoms with Crippen molar-refractivity contribution in [1.29, 1.82) is 0 Å². The molecule has 0 saturated heterocycles. The Hall–Kier alpha value is -0.350. The van der Waals surface area contributed by atoms with Crippen LogP contribution in [0.15, 0.2) is 5.57 Å². The molecule has 0 atom stereocenters. The summed E-state index contributed by atoms with van der Waals surface area (Å²) in [4.78, 5) is 0. The van der Waals surface area contributed by atoms with Gasteiger partial charge in [0.1, 0.15) is 0 Å². The fourth-order valence-corrected chi connectivity index (χ4v) is 3.16. The normalized spacial score (nSPS) is 20.7. The minimum Gasteiger partial charge on any atom is -0.0543 e. The second-order valence-corrected chi connectivity index (χ2v) is 8.00. The lowest BCUT2D eigenvalue weighted by Crippen LogP contribution is -2.39. The van der Waals surface area contributed by atoms with Gasteiger partial charge in [0.15, 0.2) is 0 Å².